The number of carboxylic acids is 1. The minimum atomic E-state index is -1.03. The molecule has 36 heavy (non-hydrogen) atoms. The standard InChI is InChI=1S/C29H31N3O4/c1-19(26(27(30)33)20-10-12-22(13-11-20)29(35)36)24-18-23(31-28(34)21-8-4-2-5-9-21)14-15-25(24)32-16-6-3-7-17-32/h2,4-5,8-15,18-19,26H,3,6-7,16-17H2,1H3,(H2,30,33)(H,31,34)(H,35,36). The fraction of sp³-hybridized carbons (Fsp3) is 0.276. The van der Waals surface area contributed by atoms with Crippen molar-refractivity contribution in [2.24, 2.45) is 5.73 Å². The van der Waals surface area contributed by atoms with E-state index in [-0.39, 0.29) is 17.4 Å². The number of hydrogen-bond donors (Lipinski definition) is 3. The van der Waals surface area contributed by atoms with Gasteiger partial charge in [-0.3, -0.25) is 9.59 Å². The van der Waals surface area contributed by atoms with Gasteiger partial charge in [-0.15, -0.1) is 0 Å². The van der Waals surface area contributed by atoms with Crippen LogP contribution in [0.1, 0.15) is 69.9 Å². The summed E-state index contributed by atoms with van der Waals surface area (Å²) in [5, 5.41) is 12.2. The normalized spacial score (nSPS) is 15.1. The van der Waals surface area contributed by atoms with Gasteiger partial charge in [-0.05, 0) is 78.8 Å². The lowest BCUT2D eigenvalue weighted by Crippen LogP contribution is -2.32. The van der Waals surface area contributed by atoms with Gasteiger partial charge in [0.15, 0.2) is 0 Å². The summed E-state index contributed by atoms with van der Waals surface area (Å²) in [7, 11) is 0. The Bertz CT molecular complexity index is 1240. The van der Waals surface area contributed by atoms with Crippen molar-refractivity contribution in [2.45, 2.75) is 38.0 Å². The summed E-state index contributed by atoms with van der Waals surface area (Å²) < 4.78 is 0. The molecule has 1 aliphatic heterocycles. The number of primary amides is 1. The van der Waals surface area contributed by atoms with Gasteiger partial charge in [0.05, 0.1) is 11.5 Å². The molecule has 2 amide bonds. The van der Waals surface area contributed by atoms with Crippen molar-refractivity contribution in [3.8, 4) is 0 Å². The minimum absolute atomic E-state index is 0.147. The molecule has 186 valence electrons. The van der Waals surface area contributed by atoms with E-state index in [1.54, 1.807) is 24.3 Å². The summed E-state index contributed by atoms with van der Waals surface area (Å²) in [6.07, 6.45) is 3.37. The summed E-state index contributed by atoms with van der Waals surface area (Å²) in [4.78, 5) is 39.1. The highest BCUT2D eigenvalue weighted by Gasteiger charge is 2.30. The van der Waals surface area contributed by atoms with Crippen molar-refractivity contribution in [2.75, 3.05) is 23.3 Å². The monoisotopic (exact) mass is 485 g/mol. The van der Waals surface area contributed by atoms with Gasteiger partial charge in [0.1, 0.15) is 0 Å². The highest BCUT2D eigenvalue weighted by atomic mass is 16.4. The predicted molar refractivity (Wildman–Crippen MR) is 141 cm³/mol. The number of piperidine rings is 1. The molecule has 4 N–H and O–H groups in total. The number of carbonyl (C=O) groups is 3. The second kappa shape index (κ2) is 11.1. The van der Waals surface area contributed by atoms with Crippen LogP contribution in [0.15, 0.2) is 72.8 Å². The van der Waals surface area contributed by atoms with Crippen LogP contribution in [-0.4, -0.2) is 36.0 Å². The van der Waals surface area contributed by atoms with Gasteiger partial charge >= 0.3 is 5.97 Å². The first-order chi connectivity index (χ1) is 17.3. The number of carbonyl (C=O) groups excluding carboxylic acids is 2. The van der Waals surface area contributed by atoms with Gasteiger partial charge in [-0.25, -0.2) is 4.79 Å². The maximum atomic E-state index is 12.8. The zero-order valence-corrected chi connectivity index (χ0v) is 20.3. The van der Waals surface area contributed by atoms with E-state index in [1.165, 1.54) is 18.6 Å². The van der Waals surface area contributed by atoms with Crippen LogP contribution in [0.2, 0.25) is 0 Å². The number of rotatable bonds is 8. The highest BCUT2D eigenvalue weighted by molar-refractivity contribution is 6.04. The van der Waals surface area contributed by atoms with Crippen LogP contribution in [0.3, 0.4) is 0 Å². The zero-order valence-electron chi connectivity index (χ0n) is 20.3. The number of hydrogen-bond acceptors (Lipinski definition) is 4. The lowest BCUT2D eigenvalue weighted by atomic mass is 9.80. The molecule has 1 aliphatic rings. The molecule has 0 spiro atoms. The lowest BCUT2D eigenvalue weighted by molar-refractivity contribution is -0.119. The van der Waals surface area contributed by atoms with Gasteiger partial charge in [0.2, 0.25) is 5.91 Å². The number of amides is 2. The number of nitrogens with two attached hydrogens (primary N) is 1. The molecule has 7 nitrogen and oxygen atoms in total. The maximum Gasteiger partial charge on any atom is 0.335 e. The Labute approximate surface area is 210 Å². The van der Waals surface area contributed by atoms with Crippen LogP contribution in [0, 0.1) is 0 Å². The Morgan fingerprint density at radius 2 is 1.56 bits per heavy atom. The van der Waals surface area contributed by atoms with E-state index in [2.05, 4.69) is 10.2 Å². The van der Waals surface area contributed by atoms with E-state index in [1.807, 2.05) is 43.3 Å². The van der Waals surface area contributed by atoms with Crippen molar-refractivity contribution in [3.05, 3.63) is 95.1 Å². The summed E-state index contributed by atoms with van der Waals surface area (Å²) in [6.45, 7) is 3.79. The number of nitrogens with one attached hydrogen (secondary N) is 1. The molecule has 0 radical (unpaired) electrons. The molecule has 1 saturated heterocycles. The lowest BCUT2D eigenvalue weighted by Gasteiger charge is -2.33. The SMILES string of the molecule is CC(c1cc(NC(=O)c2ccccc2)ccc1N1CCCCC1)C(C(N)=O)c1ccc(C(=O)O)cc1. The molecule has 1 fully saturated rings. The van der Waals surface area contributed by atoms with E-state index in [0.29, 0.717) is 16.8 Å². The third kappa shape index (κ3) is 5.57. The van der Waals surface area contributed by atoms with Crippen LogP contribution < -0.4 is 16.0 Å². The van der Waals surface area contributed by atoms with Crippen molar-refractivity contribution >= 4 is 29.2 Å². The second-order valence-corrected chi connectivity index (χ2v) is 9.24. The Balaban J connectivity index is 1.71. The number of nitrogens with zero attached hydrogens (tertiary/aromatic N) is 1. The van der Waals surface area contributed by atoms with E-state index >= 15 is 0 Å². The third-order valence-corrected chi connectivity index (χ3v) is 6.83. The first-order valence-electron chi connectivity index (χ1n) is 12.2. The van der Waals surface area contributed by atoms with Crippen molar-refractivity contribution in [1.82, 2.24) is 0 Å². The Kier molecular flexibility index (Phi) is 7.68. The molecule has 0 aliphatic carbocycles. The largest absolute Gasteiger partial charge is 0.478 e. The Morgan fingerprint density at radius 3 is 2.17 bits per heavy atom. The number of carboxylic acid groups (broad SMARTS) is 1. The first-order valence-corrected chi connectivity index (χ1v) is 12.2. The number of anilines is 2. The zero-order chi connectivity index (χ0) is 25.7. The molecule has 0 saturated carbocycles. The molecule has 4 rings (SSSR count). The highest BCUT2D eigenvalue weighted by Crippen LogP contribution is 2.40. The van der Waals surface area contributed by atoms with Gasteiger partial charge in [0, 0.05) is 30.0 Å². The van der Waals surface area contributed by atoms with E-state index < -0.39 is 17.8 Å². The predicted octanol–water partition coefficient (Wildman–Crippen LogP) is 5.00. The average molecular weight is 486 g/mol. The number of aromatic carboxylic acids is 1. The van der Waals surface area contributed by atoms with Gasteiger partial charge in [-0.2, -0.15) is 0 Å². The first kappa shape index (κ1) is 25.0. The molecule has 3 aromatic carbocycles. The fourth-order valence-corrected chi connectivity index (χ4v) is 4.92. The molecule has 0 bridgehead atoms. The Hall–Kier alpha value is -4.13. The van der Waals surface area contributed by atoms with Crippen LogP contribution in [0.4, 0.5) is 11.4 Å². The van der Waals surface area contributed by atoms with E-state index in [9.17, 15) is 19.5 Å². The summed E-state index contributed by atoms with van der Waals surface area (Å²) >= 11 is 0. The summed E-state index contributed by atoms with van der Waals surface area (Å²) in [6, 6.07) is 21.1. The topological polar surface area (TPSA) is 113 Å². The van der Waals surface area contributed by atoms with Crippen LogP contribution in [-0.2, 0) is 4.79 Å². The van der Waals surface area contributed by atoms with Gasteiger partial charge in [-0.1, -0.05) is 37.3 Å². The van der Waals surface area contributed by atoms with Crippen LogP contribution in [0.25, 0.3) is 0 Å². The summed E-state index contributed by atoms with van der Waals surface area (Å²) in [5.41, 5.74) is 9.82. The maximum absolute atomic E-state index is 12.8. The third-order valence-electron chi connectivity index (χ3n) is 6.83. The molecule has 2 unspecified atom stereocenters. The average Bonchev–Trinajstić information content (AvgIpc) is 2.90. The van der Waals surface area contributed by atoms with E-state index in [4.69, 9.17) is 5.73 Å². The van der Waals surface area contributed by atoms with Crippen molar-refractivity contribution < 1.29 is 19.5 Å². The van der Waals surface area contributed by atoms with Gasteiger partial charge < -0.3 is 21.1 Å². The summed E-state index contributed by atoms with van der Waals surface area (Å²) in [5.74, 6) is -2.72. The van der Waals surface area contributed by atoms with Crippen molar-refractivity contribution in [1.29, 1.82) is 0 Å². The minimum Gasteiger partial charge on any atom is -0.478 e. The van der Waals surface area contributed by atoms with Crippen LogP contribution >= 0.6 is 0 Å². The molecule has 3 aromatic rings. The Morgan fingerprint density at radius 1 is 0.889 bits per heavy atom. The fourth-order valence-electron chi connectivity index (χ4n) is 4.92. The number of benzene rings is 3. The molecule has 7 heteroatoms. The second-order valence-electron chi connectivity index (χ2n) is 9.24. The molecular formula is C29H31N3O4. The molecular weight excluding hydrogens is 454 g/mol. The molecule has 2 atom stereocenters. The van der Waals surface area contributed by atoms with E-state index in [0.717, 1.165) is 37.2 Å². The van der Waals surface area contributed by atoms with Crippen LogP contribution in [0.5, 0.6) is 0 Å². The smallest absolute Gasteiger partial charge is 0.335 e. The van der Waals surface area contributed by atoms with Gasteiger partial charge in [0.25, 0.3) is 5.91 Å². The molecule has 0 aromatic heterocycles. The van der Waals surface area contributed by atoms with Crippen molar-refractivity contribution in [3.63, 3.8) is 0 Å². The molecule has 1 heterocycles. The quantitative estimate of drug-likeness (QED) is 0.416.